The molecule has 1 N–H and O–H groups in total. The van der Waals surface area contributed by atoms with Crippen molar-refractivity contribution in [1.82, 2.24) is 4.98 Å². The molecule has 1 atom stereocenters. The number of halogens is 1. The first-order valence-electron chi connectivity index (χ1n) is 5.74. The quantitative estimate of drug-likeness (QED) is 0.868. The lowest BCUT2D eigenvalue weighted by Gasteiger charge is -2.19. The van der Waals surface area contributed by atoms with Gasteiger partial charge < -0.3 is 5.32 Å². The van der Waals surface area contributed by atoms with Crippen LogP contribution in [0.2, 0.25) is 0 Å². The predicted octanol–water partition coefficient (Wildman–Crippen LogP) is 3.06. The summed E-state index contributed by atoms with van der Waals surface area (Å²) in [5.41, 5.74) is 0.211. The molecule has 0 saturated carbocycles. The average molecular weight is 297 g/mol. The number of carbonyl (C=O) groups excluding carboxylic acids is 2. The summed E-state index contributed by atoms with van der Waals surface area (Å²) in [6, 6.07) is 3.10. The van der Waals surface area contributed by atoms with Gasteiger partial charge in [0.2, 0.25) is 5.91 Å². The molecule has 1 unspecified atom stereocenters. The van der Waals surface area contributed by atoms with E-state index in [4.69, 9.17) is 11.6 Å². The monoisotopic (exact) mass is 296 g/mol. The molecule has 0 saturated heterocycles. The maximum absolute atomic E-state index is 11.9. The number of amides is 1. The van der Waals surface area contributed by atoms with Gasteiger partial charge in [0.15, 0.2) is 0 Å². The Morgan fingerprint density at radius 1 is 1.53 bits per heavy atom. The van der Waals surface area contributed by atoms with Gasteiger partial charge in [0.25, 0.3) is 5.24 Å². The zero-order valence-electron chi connectivity index (χ0n) is 10.4. The van der Waals surface area contributed by atoms with Crippen molar-refractivity contribution in [2.24, 2.45) is 5.41 Å². The topological polar surface area (TPSA) is 59.1 Å². The second-order valence-electron chi connectivity index (χ2n) is 4.70. The second kappa shape index (κ2) is 5.75. The van der Waals surface area contributed by atoms with Crippen LogP contribution in [0, 0.1) is 5.41 Å². The fourth-order valence-corrected chi connectivity index (χ4v) is 2.96. The Morgan fingerprint density at radius 2 is 2.32 bits per heavy atom. The summed E-state index contributed by atoms with van der Waals surface area (Å²) in [6.07, 6.45) is 3.81. The minimum Gasteiger partial charge on any atom is -0.311 e. The largest absolute Gasteiger partial charge is 0.311 e. The molecule has 4 nitrogen and oxygen atoms in total. The highest BCUT2D eigenvalue weighted by Gasteiger charge is 2.27. The second-order valence-corrected chi connectivity index (χ2v) is 5.94. The molecule has 19 heavy (non-hydrogen) atoms. The lowest BCUT2D eigenvalue weighted by atomic mass is 9.89. The van der Waals surface area contributed by atoms with Crippen molar-refractivity contribution in [2.45, 2.75) is 13.3 Å². The van der Waals surface area contributed by atoms with Gasteiger partial charge in [-0.15, -0.1) is 11.8 Å². The fraction of sp³-hybridized carbons (Fsp3) is 0.308. The minimum atomic E-state index is -0.564. The summed E-state index contributed by atoms with van der Waals surface area (Å²) in [4.78, 5) is 26.8. The average Bonchev–Trinajstić information content (AvgIpc) is 2.76. The van der Waals surface area contributed by atoms with Gasteiger partial charge in [-0.2, -0.15) is 0 Å². The van der Waals surface area contributed by atoms with Crippen LogP contribution in [0.15, 0.2) is 29.8 Å². The number of allylic oxidation sites excluding steroid dienone is 1. The van der Waals surface area contributed by atoms with Gasteiger partial charge in [0, 0.05) is 23.8 Å². The number of nitrogens with zero attached hydrogens (tertiary/aromatic N) is 1. The summed E-state index contributed by atoms with van der Waals surface area (Å²) in [5, 5.41) is 4.17. The zero-order chi connectivity index (χ0) is 13.9. The Bertz CT molecular complexity index is 530. The molecule has 2 rings (SSSR count). The van der Waals surface area contributed by atoms with E-state index in [2.05, 4.69) is 16.4 Å². The maximum Gasteiger partial charge on any atom is 0.253 e. The van der Waals surface area contributed by atoms with Gasteiger partial charge in [0.1, 0.15) is 5.82 Å². The van der Waals surface area contributed by atoms with E-state index in [1.807, 2.05) is 12.3 Å². The van der Waals surface area contributed by atoms with Crippen LogP contribution in [0.3, 0.4) is 0 Å². The molecule has 100 valence electrons. The summed E-state index contributed by atoms with van der Waals surface area (Å²) < 4.78 is 0. The number of carbonyl (C=O) groups is 2. The van der Waals surface area contributed by atoms with E-state index in [0.717, 1.165) is 5.75 Å². The van der Waals surface area contributed by atoms with E-state index in [0.29, 0.717) is 17.8 Å². The molecule has 6 heteroatoms. The molecule has 0 fully saturated rings. The van der Waals surface area contributed by atoms with E-state index in [-0.39, 0.29) is 11.3 Å². The first-order valence-corrected chi connectivity index (χ1v) is 7.16. The van der Waals surface area contributed by atoms with E-state index in [9.17, 15) is 9.59 Å². The van der Waals surface area contributed by atoms with Crippen molar-refractivity contribution >= 4 is 40.3 Å². The Hall–Kier alpha value is -1.33. The van der Waals surface area contributed by atoms with E-state index >= 15 is 0 Å². The van der Waals surface area contributed by atoms with Crippen LogP contribution in [-0.2, 0) is 4.79 Å². The van der Waals surface area contributed by atoms with Crippen molar-refractivity contribution in [3.63, 3.8) is 0 Å². The molecule has 1 aliphatic rings. The lowest BCUT2D eigenvalue weighted by Crippen LogP contribution is -2.24. The van der Waals surface area contributed by atoms with E-state index in [1.54, 1.807) is 17.8 Å². The Morgan fingerprint density at radius 3 is 2.84 bits per heavy atom. The standard InChI is InChI=1S/C13H13ClN2O2S/c1-13(4-5-19-8-13)6-11(17)16-10-3-2-9(7-15-10)12(14)18/h2-5,7H,6,8H2,1H3,(H,15,16,17). The number of aromatic nitrogens is 1. The number of thioether (sulfide) groups is 1. The summed E-state index contributed by atoms with van der Waals surface area (Å²) in [5.74, 6) is 1.24. The number of hydrogen-bond donors (Lipinski definition) is 1. The molecule has 0 aromatic carbocycles. The smallest absolute Gasteiger partial charge is 0.253 e. The minimum absolute atomic E-state index is 0.0906. The molecule has 1 aromatic heterocycles. The number of hydrogen-bond acceptors (Lipinski definition) is 4. The molecule has 0 radical (unpaired) electrons. The Balaban J connectivity index is 1.95. The third kappa shape index (κ3) is 3.81. The van der Waals surface area contributed by atoms with Gasteiger partial charge in [-0.1, -0.05) is 13.0 Å². The molecule has 0 aliphatic carbocycles. The molecule has 2 heterocycles. The van der Waals surface area contributed by atoms with Crippen LogP contribution in [0.25, 0.3) is 0 Å². The predicted molar refractivity (Wildman–Crippen MR) is 77.4 cm³/mol. The van der Waals surface area contributed by atoms with Gasteiger partial charge in [-0.25, -0.2) is 4.98 Å². The fourth-order valence-electron chi connectivity index (χ4n) is 1.75. The molecule has 0 bridgehead atoms. The SMILES string of the molecule is CC1(CC(=O)Nc2ccc(C(=O)Cl)cn2)C=CSC1. The highest BCUT2D eigenvalue weighted by atomic mass is 35.5. The van der Waals surface area contributed by atoms with Crippen LogP contribution < -0.4 is 5.32 Å². The molecule has 1 amide bonds. The van der Waals surface area contributed by atoms with Crippen LogP contribution in [-0.4, -0.2) is 21.9 Å². The Kier molecular flexibility index (Phi) is 4.27. The third-order valence-corrected chi connectivity index (χ3v) is 4.17. The first kappa shape index (κ1) is 14.1. The highest BCUT2D eigenvalue weighted by Crippen LogP contribution is 2.35. The van der Waals surface area contributed by atoms with Crippen molar-refractivity contribution in [1.29, 1.82) is 0 Å². The van der Waals surface area contributed by atoms with Crippen molar-refractivity contribution in [2.75, 3.05) is 11.1 Å². The van der Waals surface area contributed by atoms with E-state index < -0.39 is 5.24 Å². The molecule has 0 spiro atoms. The van der Waals surface area contributed by atoms with Gasteiger partial charge >= 0.3 is 0 Å². The van der Waals surface area contributed by atoms with Crippen molar-refractivity contribution in [3.05, 3.63) is 35.4 Å². The van der Waals surface area contributed by atoms with Gasteiger partial charge in [0.05, 0.1) is 5.56 Å². The number of pyridine rings is 1. The number of nitrogens with one attached hydrogen (secondary N) is 1. The Labute approximate surface area is 120 Å². The number of rotatable bonds is 4. The normalized spacial score (nSPS) is 21.4. The van der Waals surface area contributed by atoms with Crippen LogP contribution in [0.1, 0.15) is 23.7 Å². The number of anilines is 1. The van der Waals surface area contributed by atoms with Gasteiger partial charge in [-0.3, -0.25) is 9.59 Å². The lowest BCUT2D eigenvalue weighted by molar-refractivity contribution is -0.117. The summed E-state index contributed by atoms with van der Waals surface area (Å²) in [6.45, 7) is 2.05. The maximum atomic E-state index is 11.9. The van der Waals surface area contributed by atoms with E-state index in [1.165, 1.54) is 12.3 Å². The molecular formula is C13H13ClN2O2S. The molecule has 1 aliphatic heterocycles. The van der Waals surface area contributed by atoms with Crippen LogP contribution in [0.4, 0.5) is 5.82 Å². The van der Waals surface area contributed by atoms with Crippen LogP contribution >= 0.6 is 23.4 Å². The first-order chi connectivity index (χ1) is 8.98. The summed E-state index contributed by atoms with van der Waals surface area (Å²) in [7, 11) is 0. The highest BCUT2D eigenvalue weighted by molar-refractivity contribution is 8.02. The third-order valence-electron chi connectivity index (χ3n) is 2.80. The summed E-state index contributed by atoms with van der Waals surface area (Å²) >= 11 is 7.02. The van der Waals surface area contributed by atoms with Crippen molar-refractivity contribution in [3.8, 4) is 0 Å². The zero-order valence-corrected chi connectivity index (χ0v) is 11.9. The molecular weight excluding hydrogens is 284 g/mol. The van der Waals surface area contributed by atoms with Crippen molar-refractivity contribution < 1.29 is 9.59 Å². The van der Waals surface area contributed by atoms with Crippen LogP contribution in [0.5, 0.6) is 0 Å². The van der Waals surface area contributed by atoms with Gasteiger partial charge in [-0.05, 0) is 29.1 Å². The molecule has 1 aromatic rings.